The largest absolute Gasteiger partial charge is 0.480 e. The molecule has 5 heteroatoms. The van der Waals surface area contributed by atoms with E-state index in [0.29, 0.717) is 5.02 Å². The SMILES string of the molecule is Cc1cccc(C(=O)N[C@H](C)C(=O)O)c1Cl. The number of aliphatic carboxylic acids is 1. The van der Waals surface area contributed by atoms with E-state index >= 15 is 0 Å². The van der Waals surface area contributed by atoms with Gasteiger partial charge in [-0.25, -0.2) is 0 Å². The quantitative estimate of drug-likeness (QED) is 0.849. The van der Waals surface area contributed by atoms with Crippen LogP contribution < -0.4 is 5.32 Å². The second kappa shape index (κ2) is 4.99. The lowest BCUT2D eigenvalue weighted by molar-refractivity contribution is -0.138. The van der Waals surface area contributed by atoms with E-state index in [0.717, 1.165) is 5.56 Å². The van der Waals surface area contributed by atoms with Crippen molar-refractivity contribution in [1.29, 1.82) is 0 Å². The van der Waals surface area contributed by atoms with Crippen molar-refractivity contribution in [3.05, 3.63) is 34.3 Å². The van der Waals surface area contributed by atoms with Gasteiger partial charge in [-0.1, -0.05) is 23.7 Å². The van der Waals surface area contributed by atoms with E-state index in [-0.39, 0.29) is 5.56 Å². The van der Waals surface area contributed by atoms with E-state index < -0.39 is 17.9 Å². The number of amides is 1. The zero-order valence-electron chi connectivity index (χ0n) is 8.95. The highest BCUT2D eigenvalue weighted by Gasteiger charge is 2.17. The van der Waals surface area contributed by atoms with E-state index in [9.17, 15) is 9.59 Å². The van der Waals surface area contributed by atoms with Crippen molar-refractivity contribution in [2.45, 2.75) is 19.9 Å². The molecule has 2 N–H and O–H groups in total. The smallest absolute Gasteiger partial charge is 0.325 e. The standard InChI is InChI=1S/C11H12ClNO3/c1-6-4-3-5-8(9(6)12)10(14)13-7(2)11(15)16/h3-5,7H,1-2H3,(H,13,14)(H,15,16)/t7-/m1/s1. The first-order valence-electron chi connectivity index (χ1n) is 4.72. The van der Waals surface area contributed by atoms with Crippen LogP contribution in [0.5, 0.6) is 0 Å². The highest BCUT2D eigenvalue weighted by Crippen LogP contribution is 2.20. The highest BCUT2D eigenvalue weighted by molar-refractivity contribution is 6.34. The molecule has 16 heavy (non-hydrogen) atoms. The first kappa shape index (κ1) is 12.5. The highest BCUT2D eigenvalue weighted by atomic mass is 35.5. The summed E-state index contributed by atoms with van der Waals surface area (Å²) in [6.07, 6.45) is 0. The van der Waals surface area contributed by atoms with Crippen LogP contribution in [0.2, 0.25) is 5.02 Å². The van der Waals surface area contributed by atoms with Crippen molar-refractivity contribution in [3.8, 4) is 0 Å². The summed E-state index contributed by atoms with van der Waals surface area (Å²) in [7, 11) is 0. The number of nitrogens with one attached hydrogen (secondary N) is 1. The fourth-order valence-electron chi connectivity index (χ4n) is 1.16. The van der Waals surface area contributed by atoms with Crippen LogP contribution in [0, 0.1) is 6.92 Å². The van der Waals surface area contributed by atoms with Gasteiger partial charge < -0.3 is 10.4 Å². The van der Waals surface area contributed by atoms with Gasteiger partial charge in [-0.2, -0.15) is 0 Å². The molecule has 1 amide bonds. The van der Waals surface area contributed by atoms with Crippen LogP contribution in [0.1, 0.15) is 22.8 Å². The predicted molar refractivity (Wildman–Crippen MR) is 60.8 cm³/mol. The monoisotopic (exact) mass is 241 g/mol. The summed E-state index contributed by atoms with van der Waals surface area (Å²) in [5.74, 6) is -1.57. The van der Waals surface area contributed by atoms with E-state index in [1.807, 2.05) is 0 Å². The van der Waals surface area contributed by atoms with Crippen molar-refractivity contribution >= 4 is 23.5 Å². The Morgan fingerprint density at radius 1 is 1.44 bits per heavy atom. The van der Waals surface area contributed by atoms with E-state index in [4.69, 9.17) is 16.7 Å². The van der Waals surface area contributed by atoms with Crippen LogP contribution in [0.4, 0.5) is 0 Å². The molecule has 0 aromatic heterocycles. The van der Waals surface area contributed by atoms with Crippen LogP contribution in [-0.2, 0) is 4.79 Å². The van der Waals surface area contributed by atoms with Gasteiger partial charge in [0, 0.05) is 0 Å². The first-order chi connectivity index (χ1) is 7.43. The summed E-state index contributed by atoms with van der Waals surface area (Å²) >= 11 is 5.94. The molecule has 0 aliphatic heterocycles. The lowest BCUT2D eigenvalue weighted by Gasteiger charge is -2.11. The average Bonchev–Trinajstić information content (AvgIpc) is 2.21. The van der Waals surface area contributed by atoms with E-state index in [1.165, 1.54) is 6.92 Å². The Morgan fingerprint density at radius 3 is 2.62 bits per heavy atom. The molecule has 4 nitrogen and oxygen atoms in total. The second-order valence-corrected chi connectivity index (χ2v) is 3.85. The van der Waals surface area contributed by atoms with Gasteiger partial charge in [0.25, 0.3) is 5.91 Å². The first-order valence-corrected chi connectivity index (χ1v) is 5.10. The van der Waals surface area contributed by atoms with Crippen LogP contribution in [0.25, 0.3) is 0 Å². The Balaban J connectivity index is 2.89. The zero-order valence-corrected chi connectivity index (χ0v) is 9.71. The summed E-state index contributed by atoms with van der Waals surface area (Å²) in [5, 5.41) is 11.3. The second-order valence-electron chi connectivity index (χ2n) is 3.47. The Hall–Kier alpha value is -1.55. The number of carboxylic acid groups (broad SMARTS) is 1. The number of halogens is 1. The Bertz CT molecular complexity index is 431. The number of rotatable bonds is 3. The number of hydrogen-bond donors (Lipinski definition) is 2. The molecular weight excluding hydrogens is 230 g/mol. The summed E-state index contributed by atoms with van der Waals surface area (Å²) in [6.45, 7) is 3.17. The topological polar surface area (TPSA) is 66.4 Å². The van der Waals surface area contributed by atoms with E-state index in [2.05, 4.69) is 5.32 Å². The summed E-state index contributed by atoms with van der Waals surface area (Å²) in [4.78, 5) is 22.2. The number of carbonyl (C=O) groups excluding carboxylic acids is 1. The van der Waals surface area contributed by atoms with Crippen LogP contribution in [0.15, 0.2) is 18.2 Å². The third-order valence-electron chi connectivity index (χ3n) is 2.15. The van der Waals surface area contributed by atoms with Gasteiger partial charge in [0.15, 0.2) is 0 Å². The maximum atomic E-state index is 11.7. The molecule has 1 aromatic carbocycles. The minimum atomic E-state index is -1.09. The molecule has 0 fully saturated rings. The van der Waals surface area contributed by atoms with Crippen LogP contribution in [-0.4, -0.2) is 23.0 Å². The molecule has 0 radical (unpaired) electrons. The Morgan fingerprint density at radius 2 is 2.06 bits per heavy atom. The molecule has 1 atom stereocenters. The molecule has 1 aromatic rings. The maximum Gasteiger partial charge on any atom is 0.325 e. The van der Waals surface area contributed by atoms with Crippen LogP contribution >= 0.6 is 11.6 Å². The fourth-order valence-corrected chi connectivity index (χ4v) is 1.37. The molecule has 0 aliphatic carbocycles. The zero-order chi connectivity index (χ0) is 12.3. The molecule has 0 saturated heterocycles. The van der Waals surface area contributed by atoms with Gasteiger partial charge in [-0.05, 0) is 25.5 Å². The van der Waals surface area contributed by atoms with Gasteiger partial charge in [-0.15, -0.1) is 0 Å². The molecule has 0 spiro atoms. The van der Waals surface area contributed by atoms with Gasteiger partial charge in [0.1, 0.15) is 6.04 Å². The van der Waals surface area contributed by atoms with Crippen molar-refractivity contribution < 1.29 is 14.7 Å². The summed E-state index contributed by atoms with van der Waals surface area (Å²) < 4.78 is 0. The molecule has 0 saturated carbocycles. The Kier molecular flexibility index (Phi) is 3.90. The number of aryl methyl sites for hydroxylation is 1. The van der Waals surface area contributed by atoms with Crippen molar-refractivity contribution in [1.82, 2.24) is 5.32 Å². The third kappa shape index (κ3) is 2.73. The molecule has 1 rings (SSSR count). The summed E-state index contributed by atoms with van der Waals surface area (Å²) in [6, 6.07) is 4.09. The van der Waals surface area contributed by atoms with Gasteiger partial charge in [-0.3, -0.25) is 9.59 Å². The number of carbonyl (C=O) groups is 2. The molecular formula is C11H12ClNO3. The van der Waals surface area contributed by atoms with Crippen molar-refractivity contribution in [3.63, 3.8) is 0 Å². The van der Waals surface area contributed by atoms with Crippen molar-refractivity contribution in [2.75, 3.05) is 0 Å². The average molecular weight is 242 g/mol. The number of benzene rings is 1. The van der Waals surface area contributed by atoms with Crippen LogP contribution in [0.3, 0.4) is 0 Å². The fraction of sp³-hybridized carbons (Fsp3) is 0.273. The van der Waals surface area contributed by atoms with Gasteiger partial charge in [0.2, 0.25) is 0 Å². The minimum absolute atomic E-state index is 0.287. The molecule has 0 unspecified atom stereocenters. The molecule has 0 aliphatic rings. The lowest BCUT2D eigenvalue weighted by Crippen LogP contribution is -2.38. The maximum absolute atomic E-state index is 11.7. The molecule has 0 heterocycles. The summed E-state index contributed by atoms with van der Waals surface area (Å²) in [5.41, 5.74) is 1.06. The van der Waals surface area contributed by atoms with E-state index in [1.54, 1.807) is 25.1 Å². The van der Waals surface area contributed by atoms with Gasteiger partial charge >= 0.3 is 5.97 Å². The normalized spacial score (nSPS) is 11.9. The minimum Gasteiger partial charge on any atom is -0.480 e. The van der Waals surface area contributed by atoms with Gasteiger partial charge in [0.05, 0.1) is 10.6 Å². The number of carboxylic acids is 1. The van der Waals surface area contributed by atoms with Crippen molar-refractivity contribution in [2.24, 2.45) is 0 Å². The molecule has 0 bridgehead atoms. The predicted octanol–water partition coefficient (Wildman–Crippen LogP) is 1.85. The third-order valence-corrected chi connectivity index (χ3v) is 2.66. The lowest BCUT2D eigenvalue weighted by atomic mass is 10.1. The Labute approximate surface area is 98.2 Å². The molecule has 86 valence electrons. The number of hydrogen-bond acceptors (Lipinski definition) is 2.